The van der Waals surface area contributed by atoms with Crippen LogP contribution in [0.1, 0.15) is 18.7 Å². The van der Waals surface area contributed by atoms with Crippen molar-refractivity contribution >= 4 is 17.5 Å². The zero-order chi connectivity index (χ0) is 16.9. The molecule has 1 aromatic carbocycles. The van der Waals surface area contributed by atoms with Crippen LogP contribution >= 0.6 is 11.6 Å². The van der Waals surface area contributed by atoms with E-state index in [1.807, 2.05) is 12.1 Å². The first-order valence-electron chi connectivity index (χ1n) is 7.83. The van der Waals surface area contributed by atoms with Crippen molar-refractivity contribution in [1.82, 2.24) is 15.5 Å². The highest BCUT2D eigenvalue weighted by atomic mass is 35.5. The second-order valence-corrected chi connectivity index (χ2v) is 6.15. The number of rotatable bonds is 5. The van der Waals surface area contributed by atoms with Crippen LogP contribution in [0.5, 0.6) is 0 Å². The van der Waals surface area contributed by atoms with Gasteiger partial charge >= 0.3 is 0 Å². The van der Waals surface area contributed by atoms with Gasteiger partial charge in [-0.05, 0) is 30.9 Å². The van der Waals surface area contributed by atoms with Crippen LogP contribution < -0.4 is 11.1 Å². The highest BCUT2D eigenvalue weighted by Gasteiger charge is 2.26. The van der Waals surface area contributed by atoms with Crippen LogP contribution in [0.3, 0.4) is 0 Å². The number of hydrogen-bond acceptors (Lipinski definition) is 6. The van der Waals surface area contributed by atoms with Crippen molar-refractivity contribution in [2.24, 2.45) is 11.7 Å². The Morgan fingerprint density at radius 2 is 2.21 bits per heavy atom. The standard InChI is InChI=1S/C16H19ClN4O3/c17-12-3-1-2-11(8-12)15-20-13(24-21-15)9-19-16(22)14(18)10-4-6-23-7-5-10/h1-3,8,10,14H,4-7,9,18H2,(H,19,22). The number of carbonyl (C=O) groups excluding carboxylic acids is 1. The molecule has 1 atom stereocenters. The third-order valence-corrected chi connectivity index (χ3v) is 4.28. The lowest BCUT2D eigenvalue weighted by molar-refractivity contribution is -0.124. The van der Waals surface area contributed by atoms with Gasteiger partial charge in [0.25, 0.3) is 0 Å². The molecule has 2 aromatic rings. The molecule has 0 radical (unpaired) electrons. The lowest BCUT2D eigenvalue weighted by Crippen LogP contribution is -2.46. The average Bonchev–Trinajstić information content (AvgIpc) is 3.09. The summed E-state index contributed by atoms with van der Waals surface area (Å²) in [6, 6.07) is 6.60. The van der Waals surface area contributed by atoms with E-state index in [9.17, 15) is 4.79 Å². The molecule has 3 N–H and O–H groups in total. The number of aromatic nitrogens is 2. The Labute approximate surface area is 144 Å². The minimum absolute atomic E-state index is 0.142. The summed E-state index contributed by atoms with van der Waals surface area (Å²) in [6.45, 7) is 1.44. The van der Waals surface area contributed by atoms with Crippen LogP contribution in [0.15, 0.2) is 28.8 Å². The number of carbonyl (C=O) groups is 1. The summed E-state index contributed by atoms with van der Waals surface area (Å²) in [4.78, 5) is 16.4. The van der Waals surface area contributed by atoms with E-state index in [4.69, 9.17) is 26.6 Å². The van der Waals surface area contributed by atoms with E-state index in [2.05, 4.69) is 15.5 Å². The van der Waals surface area contributed by atoms with Crippen molar-refractivity contribution in [1.29, 1.82) is 0 Å². The van der Waals surface area contributed by atoms with Crippen LogP contribution in [-0.4, -0.2) is 35.3 Å². The van der Waals surface area contributed by atoms with Gasteiger partial charge in [0.1, 0.15) is 0 Å². The molecule has 128 valence electrons. The van der Waals surface area contributed by atoms with E-state index in [1.165, 1.54) is 0 Å². The fourth-order valence-corrected chi connectivity index (χ4v) is 2.83. The van der Waals surface area contributed by atoms with Gasteiger partial charge in [-0.15, -0.1) is 0 Å². The van der Waals surface area contributed by atoms with Gasteiger partial charge in [0.15, 0.2) is 0 Å². The molecule has 0 bridgehead atoms. The van der Waals surface area contributed by atoms with Crippen molar-refractivity contribution in [3.8, 4) is 11.4 Å². The molecule has 0 saturated carbocycles. The van der Waals surface area contributed by atoms with Crippen LogP contribution in [-0.2, 0) is 16.1 Å². The fourth-order valence-electron chi connectivity index (χ4n) is 2.64. The van der Waals surface area contributed by atoms with Crippen LogP contribution in [0.2, 0.25) is 5.02 Å². The maximum absolute atomic E-state index is 12.2. The molecule has 1 aliphatic heterocycles. The quantitative estimate of drug-likeness (QED) is 0.851. The smallest absolute Gasteiger partial charge is 0.246 e. The van der Waals surface area contributed by atoms with Crippen molar-refractivity contribution in [3.63, 3.8) is 0 Å². The van der Waals surface area contributed by atoms with Gasteiger partial charge < -0.3 is 20.3 Å². The second kappa shape index (κ2) is 7.74. The van der Waals surface area contributed by atoms with Crippen LogP contribution in [0.4, 0.5) is 0 Å². The van der Waals surface area contributed by atoms with Gasteiger partial charge in [-0.1, -0.05) is 28.9 Å². The summed E-state index contributed by atoms with van der Waals surface area (Å²) in [5, 5.41) is 7.23. The molecular weight excluding hydrogens is 332 g/mol. The second-order valence-electron chi connectivity index (χ2n) is 5.72. The summed E-state index contributed by atoms with van der Waals surface area (Å²) in [6.07, 6.45) is 1.60. The normalized spacial score (nSPS) is 16.8. The highest BCUT2D eigenvalue weighted by Crippen LogP contribution is 2.20. The topological polar surface area (TPSA) is 103 Å². The van der Waals surface area contributed by atoms with Crippen molar-refractivity contribution < 1.29 is 14.1 Å². The molecule has 1 saturated heterocycles. The molecule has 7 nitrogen and oxygen atoms in total. The SMILES string of the molecule is NC(C(=O)NCc1nc(-c2cccc(Cl)c2)no1)C1CCOCC1. The van der Waals surface area contributed by atoms with E-state index in [-0.39, 0.29) is 18.4 Å². The Morgan fingerprint density at radius 1 is 1.42 bits per heavy atom. The Kier molecular flexibility index (Phi) is 5.44. The molecule has 1 unspecified atom stereocenters. The Balaban J connectivity index is 1.56. The van der Waals surface area contributed by atoms with E-state index < -0.39 is 6.04 Å². The van der Waals surface area contributed by atoms with Gasteiger partial charge in [0.05, 0.1) is 12.6 Å². The summed E-state index contributed by atoms with van der Waals surface area (Å²) >= 11 is 5.95. The lowest BCUT2D eigenvalue weighted by atomic mass is 9.92. The molecule has 1 fully saturated rings. The van der Waals surface area contributed by atoms with Gasteiger partial charge in [-0.2, -0.15) is 4.98 Å². The summed E-state index contributed by atoms with van der Waals surface area (Å²) in [5.74, 6) is 0.667. The van der Waals surface area contributed by atoms with Crippen molar-refractivity contribution in [2.45, 2.75) is 25.4 Å². The summed E-state index contributed by atoms with van der Waals surface area (Å²) < 4.78 is 10.4. The van der Waals surface area contributed by atoms with E-state index >= 15 is 0 Å². The molecular formula is C16H19ClN4O3. The summed E-state index contributed by atoms with van der Waals surface area (Å²) in [7, 11) is 0. The van der Waals surface area contributed by atoms with Crippen molar-refractivity contribution in [2.75, 3.05) is 13.2 Å². The molecule has 1 aliphatic rings. The number of hydrogen-bond donors (Lipinski definition) is 2. The minimum Gasteiger partial charge on any atom is -0.381 e. The molecule has 1 amide bonds. The Hall–Kier alpha value is -1.96. The van der Waals surface area contributed by atoms with Gasteiger partial charge in [0.2, 0.25) is 17.6 Å². The summed E-state index contributed by atoms with van der Waals surface area (Å²) in [5.41, 5.74) is 6.77. The predicted octanol–water partition coefficient (Wildman–Crippen LogP) is 1.76. The molecule has 2 heterocycles. The molecule has 0 spiro atoms. The number of amides is 1. The first kappa shape index (κ1) is 16.9. The fraction of sp³-hybridized carbons (Fsp3) is 0.438. The van der Waals surface area contributed by atoms with Crippen LogP contribution in [0.25, 0.3) is 11.4 Å². The van der Waals surface area contributed by atoms with Crippen molar-refractivity contribution in [3.05, 3.63) is 35.2 Å². The maximum Gasteiger partial charge on any atom is 0.246 e. The number of nitrogens with zero attached hydrogens (tertiary/aromatic N) is 2. The van der Waals surface area contributed by atoms with E-state index in [0.717, 1.165) is 18.4 Å². The first-order valence-corrected chi connectivity index (χ1v) is 8.21. The zero-order valence-electron chi connectivity index (χ0n) is 13.1. The van der Waals surface area contributed by atoms with Gasteiger partial charge in [-0.25, -0.2) is 0 Å². The van der Waals surface area contributed by atoms with E-state index in [0.29, 0.717) is 30.0 Å². The first-order chi connectivity index (χ1) is 11.6. The van der Waals surface area contributed by atoms with Gasteiger partial charge in [-0.3, -0.25) is 4.79 Å². The van der Waals surface area contributed by atoms with Gasteiger partial charge in [0, 0.05) is 23.8 Å². The Morgan fingerprint density at radius 3 is 2.96 bits per heavy atom. The molecule has 3 rings (SSSR count). The monoisotopic (exact) mass is 350 g/mol. The average molecular weight is 351 g/mol. The molecule has 24 heavy (non-hydrogen) atoms. The molecule has 8 heteroatoms. The van der Waals surface area contributed by atoms with Crippen LogP contribution in [0, 0.1) is 5.92 Å². The number of ether oxygens (including phenoxy) is 1. The predicted molar refractivity (Wildman–Crippen MR) is 88.1 cm³/mol. The molecule has 0 aliphatic carbocycles. The number of halogens is 1. The third kappa shape index (κ3) is 4.11. The highest BCUT2D eigenvalue weighted by molar-refractivity contribution is 6.30. The molecule has 1 aromatic heterocycles. The zero-order valence-corrected chi connectivity index (χ0v) is 13.8. The van der Waals surface area contributed by atoms with E-state index in [1.54, 1.807) is 12.1 Å². The number of nitrogens with one attached hydrogen (secondary N) is 1. The Bertz CT molecular complexity index is 700. The number of nitrogens with two attached hydrogens (primary N) is 1. The largest absolute Gasteiger partial charge is 0.381 e. The number of benzene rings is 1. The maximum atomic E-state index is 12.2. The third-order valence-electron chi connectivity index (χ3n) is 4.04. The minimum atomic E-state index is -0.552. The lowest BCUT2D eigenvalue weighted by Gasteiger charge is -2.26.